The quantitative estimate of drug-likeness (QED) is 0.628. The second-order valence-electron chi connectivity index (χ2n) is 4.66. The Morgan fingerprint density at radius 2 is 1.83 bits per heavy atom. The van der Waals surface area contributed by atoms with E-state index >= 15 is 0 Å². The fourth-order valence-electron chi connectivity index (χ4n) is 1.22. The average Bonchev–Trinajstić information content (AvgIpc) is 2.37. The largest absolute Gasteiger partial charge is 0.326 e. The molecule has 2 heteroatoms. The number of hydrogen-bond donors (Lipinski definition) is 1. The van der Waals surface area contributed by atoms with Gasteiger partial charge in [0, 0.05) is 25.7 Å². The number of nitrogens with zero attached hydrogens (tertiary/aromatic N) is 1. The van der Waals surface area contributed by atoms with E-state index in [1.54, 1.807) is 0 Å². The lowest BCUT2D eigenvalue weighted by Crippen LogP contribution is -2.44. The van der Waals surface area contributed by atoms with Gasteiger partial charge in [0.15, 0.2) is 0 Å². The first-order valence-electron chi connectivity index (χ1n) is 4.63. The van der Waals surface area contributed by atoms with E-state index in [1.165, 1.54) is 0 Å². The van der Waals surface area contributed by atoms with Crippen LogP contribution in [0.4, 0.5) is 0 Å². The van der Waals surface area contributed by atoms with Gasteiger partial charge in [-0.05, 0) is 5.41 Å². The smallest absolute Gasteiger partial charge is 0.0217 e. The molecule has 0 bridgehead atoms. The van der Waals surface area contributed by atoms with Crippen molar-refractivity contribution in [2.24, 2.45) is 11.1 Å². The predicted octanol–water partition coefficient (Wildman–Crippen LogP) is 1.23. The van der Waals surface area contributed by atoms with E-state index in [0.717, 1.165) is 19.6 Å². The van der Waals surface area contributed by atoms with Gasteiger partial charge in [-0.1, -0.05) is 32.9 Å². The second-order valence-corrected chi connectivity index (χ2v) is 4.66. The van der Waals surface area contributed by atoms with E-state index in [0.29, 0.717) is 0 Å². The van der Waals surface area contributed by atoms with Crippen molar-refractivity contribution in [3.8, 4) is 0 Å². The molecule has 12 heavy (non-hydrogen) atoms. The summed E-state index contributed by atoms with van der Waals surface area (Å²) in [6.07, 6.45) is 4.41. The Morgan fingerprint density at radius 1 is 1.33 bits per heavy atom. The van der Waals surface area contributed by atoms with E-state index in [-0.39, 0.29) is 11.5 Å². The molecule has 1 rings (SSSR count). The summed E-state index contributed by atoms with van der Waals surface area (Å²) in [6.45, 7) is 9.74. The van der Waals surface area contributed by atoms with Crippen LogP contribution in [-0.4, -0.2) is 30.6 Å². The maximum absolute atomic E-state index is 6.06. The monoisotopic (exact) mass is 168 g/mol. The molecule has 0 aromatic rings. The summed E-state index contributed by atoms with van der Waals surface area (Å²) in [7, 11) is 0. The highest BCUT2D eigenvalue weighted by Gasteiger charge is 2.22. The summed E-state index contributed by atoms with van der Waals surface area (Å²) in [6, 6.07) is 0.275. The van der Waals surface area contributed by atoms with Crippen LogP contribution in [0.3, 0.4) is 0 Å². The van der Waals surface area contributed by atoms with Crippen molar-refractivity contribution >= 4 is 0 Å². The zero-order chi connectivity index (χ0) is 9.19. The Morgan fingerprint density at radius 3 is 2.25 bits per heavy atom. The van der Waals surface area contributed by atoms with Gasteiger partial charge in [-0.25, -0.2) is 0 Å². The second kappa shape index (κ2) is 3.58. The van der Waals surface area contributed by atoms with Crippen molar-refractivity contribution in [3.63, 3.8) is 0 Å². The Balaban J connectivity index is 2.31. The van der Waals surface area contributed by atoms with E-state index in [4.69, 9.17) is 5.73 Å². The fourth-order valence-corrected chi connectivity index (χ4v) is 1.22. The maximum Gasteiger partial charge on any atom is 0.0217 e. The molecule has 1 atom stereocenters. The topological polar surface area (TPSA) is 29.3 Å². The minimum atomic E-state index is 0.225. The highest BCUT2D eigenvalue weighted by Crippen LogP contribution is 2.18. The molecule has 0 amide bonds. The molecule has 0 aromatic heterocycles. The Kier molecular flexibility index (Phi) is 2.91. The van der Waals surface area contributed by atoms with Gasteiger partial charge in [0.05, 0.1) is 0 Å². The van der Waals surface area contributed by atoms with Crippen LogP contribution in [0.1, 0.15) is 20.8 Å². The third-order valence-corrected chi connectivity index (χ3v) is 2.46. The third kappa shape index (κ3) is 2.61. The van der Waals surface area contributed by atoms with E-state index in [9.17, 15) is 0 Å². The van der Waals surface area contributed by atoms with E-state index in [2.05, 4.69) is 37.8 Å². The molecule has 0 unspecified atom stereocenters. The van der Waals surface area contributed by atoms with E-state index < -0.39 is 0 Å². The molecule has 0 spiro atoms. The van der Waals surface area contributed by atoms with Crippen LogP contribution in [0.15, 0.2) is 12.2 Å². The van der Waals surface area contributed by atoms with Gasteiger partial charge in [0.25, 0.3) is 0 Å². The summed E-state index contributed by atoms with van der Waals surface area (Å²) < 4.78 is 0. The third-order valence-electron chi connectivity index (χ3n) is 2.46. The molecule has 70 valence electrons. The molecule has 0 aliphatic carbocycles. The summed E-state index contributed by atoms with van der Waals surface area (Å²) in [5.74, 6) is 0. The predicted molar refractivity (Wildman–Crippen MR) is 53.0 cm³/mol. The van der Waals surface area contributed by atoms with Crippen LogP contribution in [-0.2, 0) is 0 Å². The van der Waals surface area contributed by atoms with Crippen LogP contribution in [0.25, 0.3) is 0 Å². The fraction of sp³-hybridized carbons (Fsp3) is 0.800. The Labute approximate surface area is 75.4 Å². The van der Waals surface area contributed by atoms with Crippen LogP contribution < -0.4 is 5.73 Å². The molecule has 1 aliphatic rings. The molecule has 1 heterocycles. The van der Waals surface area contributed by atoms with Gasteiger partial charge in [-0.15, -0.1) is 0 Å². The van der Waals surface area contributed by atoms with Crippen molar-refractivity contribution in [2.75, 3.05) is 19.6 Å². The highest BCUT2D eigenvalue weighted by molar-refractivity contribution is 4.96. The maximum atomic E-state index is 6.06. The Hall–Kier alpha value is -0.340. The van der Waals surface area contributed by atoms with Crippen molar-refractivity contribution in [2.45, 2.75) is 26.8 Å². The number of nitrogens with two attached hydrogens (primary N) is 1. The van der Waals surface area contributed by atoms with Gasteiger partial charge in [0.2, 0.25) is 0 Å². The summed E-state index contributed by atoms with van der Waals surface area (Å²) in [5.41, 5.74) is 6.29. The standard InChI is InChI=1S/C10H20N2/c1-10(2,3)9(11)8-12-6-4-5-7-12/h4-5,9H,6-8,11H2,1-3H3/t9-/m1/s1. The van der Waals surface area contributed by atoms with Crippen LogP contribution >= 0.6 is 0 Å². The van der Waals surface area contributed by atoms with Crippen molar-refractivity contribution < 1.29 is 0 Å². The van der Waals surface area contributed by atoms with Crippen molar-refractivity contribution in [1.82, 2.24) is 4.90 Å². The number of rotatable bonds is 2. The van der Waals surface area contributed by atoms with Gasteiger partial charge in [-0.2, -0.15) is 0 Å². The summed E-state index contributed by atoms with van der Waals surface area (Å²) in [5, 5.41) is 0. The lowest BCUT2D eigenvalue weighted by molar-refractivity contribution is 0.232. The normalized spacial score (nSPS) is 21.7. The molecule has 2 nitrogen and oxygen atoms in total. The summed E-state index contributed by atoms with van der Waals surface area (Å²) >= 11 is 0. The molecule has 0 saturated carbocycles. The molecule has 0 aromatic carbocycles. The van der Waals surface area contributed by atoms with Crippen LogP contribution in [0.5, 0.6) is 0 Å². The Bertz CT molecular complexity index is 159. The SMILES string of the molecule is CC(C)(C)[C@H](N)CN1CC=CC1. The molecule has 0 radical (unpaired) electrons. The van der Waals surface area contributed by atoms with Crippen molar-refractivity contribution in [3.05, 3.63) is 12.2 Å². The molecule has 1 aliphatic heterocycles. The molecular weight excluding hydrogens is 148 g/mol. The molecule has 0 fully saturated rings. The van der Waals surface area contributed by atoms with Gasteiger partial charge < -0.3 is 5.73 Å². The first kappa shape index (κ1) is 9.75. The van der Waals surface area contributed by atoms with Gasteiger partial charge in [-0.3, -0.25) is 4.90 Å². The lowest BCUT2D eigenvalue weighted by atomic mass is 9.87. The first-order valence-corrected chi connectivity index (χ1v) is 4.63. The average molecular weight is 168 g/mol. The lowest BCUT2D eigenvalue weighted by Gasteiger charge is -2.30. The minimum Gasteiger partial charge on any atom is -0.326 e. The summed E-state index contributed by atoms with van der Waals surface area (Å²) in [4.78, 5) is 2.37. The molecule has 0 saturated heterocycles. The number of hydrogen-bond acceptors (Lipinski definition) is 2. The van der Waals surface area contributed by atoms with Crippen molar-refractivity contribution in [1.29, 1.82) is 0 Å². The van der Waals surface area contributed by atoms with Crippen LogP contribution in [0, 0.1) is 5.41 Å². The zero-order valence-electron chi connectivity index (χ0n) is 8.38. The molecular formula is C10H20N2. The van der Waals surface area contributed by atoms with Gasteiger partial charge in [0.1, 0.15) is 0 Å². The molecule has 2 N–H and O–H groups in total. The minimum absolute atomic E-state index is 0.225. The van der Waals surface area contributed by atoms with Gasteiger partial charge >= 0.3 is 0 Å². The van der Waals surface area contributed by atoms with Crippen LogP contribution in [0.2, 0.25) is 0 Å². The zero-order valence-corrected chi connectivity index (χ0v) is 8.38. The van der Waals surface area contributed by atoms with E-state index in [1.807, 2.05) is 0 Å². The highest BCUT2D eigenvalue weighted by atomic mass is 15.1. The first-order chi connectivity index (χ1) is 5.50.